The predicted molar refractivity (Wildman–Crippen MR) is 128 cm³/mol. The number of nitrogens with zero attached hydrogens (tertiary/aromatic N) is 1. The predicted octanol–water partition coefficient (Wildman–Crippen LogP) is 3.97. The number of carboxylic acid groups (broad SMARTS) is 1. The molecule has 0 spiro atoms. The highest BCUT2D eigenvalue weighted by molar-refractivity contribution is 6.02. The van der Waals surface area contributed by atoms with Crippen LogP contribution in [0.25, 0.3) is 11.1 Å². The number of benzene rings is 3. The molecule has 5 rings (SSSR count). The topological polar surface area (TPSA) is 105 Å². The van der Waals surface area contributed by atoms with Crippen LogP contribution in [-0.2, 0) is 14.3 Å². The van der Waals surface area contributed by atoms with Crippen LogP contribution in [0.5, 0.6) is 0 Å². The number of anilines is 1. The van der Waals surface area contributed by atoms with Crippen LogP contribution in [0.4, 0.5) is 10.5 Å². The summed E-state index contributed by atoms with van der Waals surface area (Å²) in [5, 5.41) is 11.9. The van der Waals surface area contributed by atoms with E-state index in [0.717, 1.165) is 22.3 Å². The number of rotatable bonds is 5. The lowest BCUT2D eigenvalue weighted by atomic mass is 9.98. The molecule has 2 amide bonds. The Hall–Kier alpha value is -4.17. The van der Waals surface area contributed by atoms with Crippen LogP contribution >= 0.6 is 0 Å². The number of carbonyl (C=O) groups excluding carboxylic acids is 2. The van der Waals surface area contributed by atoms with E-state index >= 15 is 0 Å². The molecule has 1 unspecified atom stereocenters. The first kappa shape index (κ1) is 22.6. The number of fused-ring (bicyclic) bond motifs is 3. The van der Waals surface area contributed by atoms with Crippen molar-refractivity contribution in [2.45, 2.75) is 12.0 Å². The van der Waals surface area contributed by atoms with Gasteiger partial charge in [0, 0.05) is 12.5 Å². The van der Waals surface area contributed by atoms with Gasteiger partial charge in [-0.15, -0.1) is 0 Å². The molecule has 8 heteroatoms. The van der Waals surface area contributed by atoms with Crippen molar-refractivity contribution in [2.75, 3.05) is 31.6 Å². The maximum atomic E-state index is 13.1. The molecule has 1 aliphatic heterocycles. The molecule has 1 heterocycles. The van der Waals surface area contributed by atoms with Gasteiger partial charge in [0.2, 0.25) is 0 Å². The Morgan fingerprint density at radius 2 is 1.57 bits per heavy atom. The normalized spacial score (nSPS) is 16.8. The minimum absolute atomic E-state index is 0.0621. The highest BCUT2D eigenvalue weighted by Gasteiger charge is 2.31. The van der Waals surface area contributed by atoms with Crippen LogP contribution in [0.1, 0.15) is 27.4 Å². The molecule has 35 heavy (non-hydrogen) atoms. The number of hydrogen-bond donors (Lipinski definition) is 2. The number of carboxylic acids is 1. The van der Waals surface area contributed by atoms with Crippen LogP contribution in [0.3, 0.4) is 0 Å². The number of aliphatic carboxylic acids is 1. The Morgan fingerprint density at radius 1 is 0.943 bits per heavy atom. The third-order valence-electron chi connectivity index (χ3n) is 6.37. The van der Waals surface area contributed by atoms with Crippen molar-refractivity contribution in [3.05, 3.63) is 89.5 Å². The lowest BCUT2D eigenvalue weighted by Gasteiger charge is -2.31. The van der Waals surface area contributed by atoms with Gasteiger partial charge in [0.15, 0.2) is 6.10 Å². The van der Waals surface area contributed by atoms with Crippen molar-refractivity contribution in [1.29, 1.82) is 0 Å². The molecule has 1 fully saturated rings. The number of nitrogens with one attached hydrogen (secondary N) is 1. The first-order valence-corrected chi connectivity index (χ1v) is 11.4. The summed E-state index contributed by atoms with van der Waals surface area (Å²) in [6.07, 6.45) is -1.74. The van der Waals surface area contributed by atoms with Crippen molar-refractivity contribution in [2.24, 2.45) is 0 Å². The first-order chi connectivity index (χ1) is 17.0. The van der Waals surface area contributed by atoms with Crippen LogP contribution in [0.2, 0.25) is 0 Å². The van der Waals surface area contributed by atoms with Gasteiger partial charge in [-0.1, -0.05) is 60.7 Å². The molecule has 0 radical (unpaired) electrons. The Balaban J connectivity index is 1.28. The van der Waals surface area contributed by atoms with Gasteiger partial charge in [-0.05, 0) is 34.4 Å². The molecule has 8 nitrogen and oxygen atoms in total. The van der Waals surface area contributed by atoms with Gasteiger partial charge in [-0.3, -0.25) is 10.1 Å². The van der Waals surface area contributed by atoms with E-state index in [-0.39, 0.29) is 43.7 Å². The molecule has 2 aliphatic rings. The highest BCUT2D eigenvalue weighted by atomic mass is 16.5. The minimum Gasteiger partial charge on any atom is -0.479 e. The van der Waals surface area contributed by atoms with Gasteiger partial charge >= 0.3 is 12.1 Å². The van der Waals surface area contributed by atoms with E-state index in [1.165, 1.54) is 4.90 Å². The third-order valence-corrected chi connectivity index (χ3v) is 6.37. The Bertz CT molecular complexity index is 1240. The van der Waals surface area contributed by atoms with Crippen LogP contribution in [0.15, 0.2) is 72.8 Å². The summed E-state index contributed by atoms with van der Waals surface area (Å²) in [7, 11) is 0. The number of morpholine rings is 1. The molecule has 1 saturated heterocycles. The second-order valence-electron chi connectivity index (χ2n) is 8.44. The van der Waals surface area contributed by atoms with Crippen LogP contribution < -0.4 is 5.32 Å². The van der Waals surface area contributed by atoms with Gasteiger partial charge in [-0.2, -0.15) is 0 Å². The maximum Gasteiger partial charge on any atom is 0.411 e. The van der Waals surface area contributed by atoms with Crippen molar-refractivity contribution in [3.63, 3.8) is 0 Å². The van der Waals surface area contributed by atoms with Crippen molar-refractivity contribution in [1.82, 2.24) is 4.90 Å². The largest absolute Gasteiger partial charge is 0.479 e. The van der Waals surface area contributed by atoms with Crippen molar-refractivity contribution >= 4 is 23.7 Å². The Morgan fingerprint density at radius 3 is 2.26 bits per heavy atom. The van der Waals surface area contributed by atoms with Crippen LogP contribution in [0, 0.1) is 0 Å². The van der Waals surface area contributed by atoms with E-state index in [9.17, 15) is 19.5 Å². The molecule has 0 saturated carbocycles. The highest BCUT2D eigenvalue weighted by Crippen LogP contribution is 2.44. The zero-order chi connectivity index (χ0) is 24.4. The quantitative estimate of drug-likeness (QED) is 0.582. The Kier molecular flexibility index (Phi) is 6.20. The zero-order valence-corrected chi connectivity index (χ0v) is 18.8. The zero-order valence-electron chi connectivity index (χ0n) is 18.8. The summed E-state index contributed by atoms with van der Waals surface area (Å²) >= 11 is 0. The maximum absolute atomic E-state index is 13.1. The molecule has 0 bridgehead atoms. The number of carbonyl (C=O) groups is 3. The number of amides is 2. The summed E-state index contributed by atoms with van der Waals surface area (Å²) in [5.41, 5.74) is 5.05. The van der Waals surface area contributed by atoms with E-state index < -0.39 is 18.2 Å². The second-order valence-corrected chi connectivity index (χ2v) is 8.44. The van der Waals surface area contributed by atoms with Crippen molar-refractivity contribution in [3.8, 4) is 11.1 Å². The number of hydrogen-bond acceptors (Lipinski definition) is 5. The van der Waals surface area contributed by atoms with E-state index in [2.05, 4.69) is 17.4 Å². The van der Waals surface area contributed by atoms with E-state index in [0.29, 0.717) is 5.69 Å². The number of ether oxygens (including phenoxy) is 2. The summed E-state index contributed by atoms with van der Waals surface area (Å²) in [4.78, 5) is 38.5. The third kappa shape index (κ3) is 4.48. The molecule has 1 aliphatic carbocycles. The monoisotopic (exact) mass is 472 g/mol. The molecule has 1 atom stereocenters. The average Bonchev–Trinajstić information content (AvgIpc) is 3.21. The standard InChI is InChI=1S/C27H24N2O6/c30-25(29-13-14-34-24(15-29)26(31)32)21-11-5-6-12-23(21)28-27(33)35-16-22-19-9-3-1-7-17(19)18-8-2-4-10-20(18)22/h1-12,22,24H,13-16H2,(H,28,33)(H,31,32). The Labute approximate surface area is 202 Å². The second kappa shape index (κ2) is 9.60. The lowest BCUT2D eigenvalue weighted by Crippen LogP contribution is -2.48. The molecule has 2 N–H and O–H groups in total. The van der Waals surface area contributed by atoms with E-state index in [1.54, 1.807) is 24.3 Å². The van der Waals surface area contributed by atoms with Gasteiger partial charge < -0.3 is 19.5 Å². The summed E-state index contributed by atoms with van der Waals surface area (Å²) in [5.74, 6) is -1.58. The molecular formula is C27H24N2O6. The van der Waals surface area contributed by atoms with Gasteiger partial charge in [0.25, 0.3) is 5.91 Å². The van der Waals surface area contributed by atoms with Gasteiger partial charge in [-0.25, -0.2) is 9.59 Å². The molecular weight excluding hydrogens is 448 g/mol. The first-order valence-electron chi connectivity index (χ1n) is 11.4. The molecule has 3 aromatic carbocycles. The molecule has 178 valence electrons. The summed E-state index contributed by atoms with van der Waals surface area (Å²) in [6, 6.07) is 22.7. The van der Waals surface area contributed by atoms with E-state index in [1.807, 2.05) is 36.4 Å². The van der Waals surface area contributed by atoms with Crippen LogP contribution in [-0.4, -0.2) is 60.4 Å². The van der Waals surface area contributed by atoms with Gasteiger partial charge in [0.05, 0.1) is 24.4 Å². The minimum atomic E-state index is -1.12. The summed E-state index contributed by atoms with van der Waals surface area (Å²) in [6.45, 7) is 0.486. The lowest BCUT2D eigenvalue weighted by molar-refractivity contribution is -0.154. The fourth-order valence-corrected chi connectivity index (χ4v) is 4.68. The smallest absolute Gasteiger partial charge is 0.411 e. The van der Waals surface area contributed by atoms with E-state index in [4.69, 9.17) is 9.47 Å². The summed E-state index contributed by atoms with van der Waals surface area (Å²) < 4.78 is 10.8. The number of para-hydroxylation sites is 1. The molecule has 0 aromatic heterocycles. The SMILES string of the molecule is O=C(Nc1ccccc1C(=O)N1CCOC(C(=O)O)C1)OCC1c2ccccc2-c2ccccc21. The average molecular weight is 472 g/mol. The fourth-order valence-electron chi connectivity index (χ4n) is 4.68. The molecule has 3 aromatic rings. The van der Waals surface area contributed by atoms with Crippen molar-refractivity contribution < 1.29 is 29.0 Å². The fraction of sp³-hybridized carbons (Fsp3) is 0.222. The van der Waals surface area contributed by atoms with Gasteiger partial charge in [0.1, 0.15) is 6.61 Å².